The number of primary amides is 1. The molecule has 0 aromatic carbocycles. The van der Waals surface area contributed by atoms with Crippen molar-refractivity contribution in [3.8, 4) is 0 Å². The monoisotopic (exact) mass is 173 g/mol. The van der Waals surface area contributed by atoms with Crippen LogP contribution in [0.1, 0.15) is 26.2 Å². The van der Waals surface area contributed by atoms with Crippen molar-refractivity contribution < 1.29 is 14.3 Å². The Morgan fingerprint density at radius 1 is 1.58 bits per heavy atom. The lowest BCUT2D eigenvalue weighted by atomic mass is 10.00. The van der Waals surface area contributed by atoms with Crippen LogP contribution in [-0.2, 0) is 14.3 Å². The van der Waals surface area contributed by atoms with E-state index in [1.807, 2.05) is 6.92 Å². The molecule has 2 N–H and O–H groups in total. The maximum atomic E-state index is 10.8. The zero-order chi connectivity index (χ0) is 9.40. The van der Waals surface area contributed by atoms with Crippen molar-refractivity contribution in [1.82, 2.24) is 0 Å². The minimum atomic E-state index is -0.314. The highest BCUT2D eigenvalue weighted by molar-refractivity contribution is 5.76. The van der Waals surface area contributed by atoms with Crippen molar-refractivity contribution in [3.63, 3.8) is 0 Å². The summed E-state index contributed by atoms with van der Waals surface area (Å²) in [5, 5.41) is 0. The third kappa shape index (κ3) is 4.71. The van der Waals surface area contributed by atoms with Crippen molar-refractivity contribution in [3.05, 3.63) is 0 Å². The molecule has 0 fully saturated rings. The van der Waals surface area contributed by atoms with Gasteiger partial charge in [0.2, 0.25) is 5.91 Å². The van der Waals surface area contributed by atoms with Crippen LogP contribution in [0.5, 0.6) is 0 Å². The standard InChI is InChI=1S/C8H15NO3/c1-2-3-7(8(9)11)4-5-12-6-10/h6-7H,2-5H2,1H3,(H2,9,11). The molecular weight excluding hydrogens is 158 g/mol. The number of nitrogens with two attached hydrogens (primary N) is 1. The highest BCUT2D eigenvalue weighted by atomic mass is 16.5. The molecule has 0 spiro atoms. The van der Waals surface area contributed by atoms with Crippen molar-refractivity contribution in [1.29, 1.82) is 0 Å². The SMILES string of the molecule is CCCC(CCOC=O)C(N)=O. The fraction of sp³-hybridized carbons (Fsp3) is 0.750. The summed E-state index contributed by atoms with van der Waals surface area (Å²) >= 11 is 0. The molecule has 0 bridgehead atoms. The van der Waals surface area contributed by atoms with E-state index in [9.17, 15) is 9.59 Å². The number of hydrogen-bond donors (Lipinski definition) is 1. The Morgan fingerprint density at radius 3 is 2.67 bits per heavy atom. The average Bonchev–Trinajstić information content (AvgIpc) is 2.03. The van der Waals surface area contributed by atoms with Gasteiger partial charge in [-0.1, -0.05) is 13.3 Å². The third-order valence-electron chi connectivity index (χ3n) is 1.69. The van der Waals surface area contributed by atoms with Crippen molar-refractivity contribution >= 4 is 12.4 Å². The van der Waals surface area contributed by atoms with Crippen LogP contribution in [0.3, 0.4) is 0 Å². The van der Waals surface area contributed by atoms with Crippen molar-refractivity contribution in [2.75, 3.05) is 6.61 Å². The van der Waals surface area contributed by atoms with E-state index in [1.54, 1.807) is 0 Å². The summed E-state index contributed by atoms with van der Waals surface area (Å²) in [6.45, 7) is 2.64. The molecule has 0 radical (unpaired) electrons. The molecule has 0 rings (SSSR count). The van der Waals surface area contributed by atoms with Gasteiger partial charge in [0.05, 0.1) is 6.61 Å². The third-order valence-corrected chi connectivity index (χ3v) is 1.69. The van der Waals surface area contributed by atoms with E-state index in [1.165, 1.54) is 0 Å². The maximum Gasteiger partial charge on any atom is 0.293 e. The quantitative estimate of drug-likeness (QED) is 0.449. The van der Waals surface area contributed by atoms with Crippen LogP contribution in [0.15, 0.2) is 0 Å². The molecule has 0 aliphatic rings. The first-order valence-corrected chi connectivity index (χ1v) is 4.07. The van der Waals surface area contributed by atoms with Gasteiger partial charge in [-0.3, -0.25) is 9.59 Å². The van der Waals surface area contributed by atoms with E-state index in [4.69, 9.17) is 5.73 Å². The summed E-state index contributed by atoms with van der Waals surface area (Å²) in [4.78, 5) is 20.5. The topological polar surface area (TPSA) is 69.4 Å². The minimum Gasteiger partial charge on any atom is -0.468 e. The number of ether oxygens (including phenoxy) is 1. The molecule has 0 saturated carbocycles. The van der Waals surface area contributed by atoms with Gasteiger partial charge in [-0.25, -0.2) is 0 Å². The Balaban J connectivity index is 3.63. The van der Waals surface area contributed by atoms with Gasteiger partial charge in [-0.05, 0) is 12.8 Å². The summed E-state index contributed by atoms with van der Waals surface area (Å²) in [6, 6.07) is 0. The van der Waals surface area contributed by atoms with Gasteiger partial charge in [-0.15, -0.1) is 0 Å². The molecule has 4 heteroatoms. The van der Waals surface area contributed by atoms with Crippen LogP contribution in [0.25, 0.3) is 0 Å². The first kappa shape index (κ1) is 10.9. The van der Waals surface area contributed by atoms with E-state index in [0.717, 1.165) is 12.8 Å². The zero-order valence-electron chi connectivity index (χ0n) is 7.29. The largest absolute Gasteiger partial charge is 0.468 e. The minimum absolute atomic E-state index is 0.157. The van der Waals surface area contributed by atoms with Crippen LogP contribution >= 0.6 is 0 Å². The predicted molar refractivity (Wildman–Crippen MR) is 44.2 cm³/mol. The lowest BCUT2D eigenvalue weighted by molar-refractivity contribution is -0.130. The van der Waals surface area contributed by atoms with E-state index >= 15 is 0 Å². The van der Waals surface area contributed by atoms with E-state index in [-0.39, 0.29) is 18.4 Å². The average molecular weight is 173 g/mol. The molecule has 1 atom stereocenters. The second-order valence-electron chi connectivity index (χ2n) is 2.64. The molecule has 1 amide bonds. The Bertz CT molecular complexity index is 147. The summed E-state index contributed by atoms with van der Waals surface area (Å²) < 4.78 is 4.47. The maximum absolute atomic E-state index is 10.8. The number of hydrogen-bond acceptors (Lipinski definition) is 3. The van der Waals surface area contributed by atoms with Gasteiger partial charge in [0.15, 0.2) is 0 Å². The molecule has 0 aliphatic heterocycles. The molecule has 0 aromatic heterocycles. The van der Waals surface area contributed by atoms with Gasteiger partial charge in [0.1, 0.15) is 0 Å². The van der Waals surface area contributed by atoms with Gasteiger partial charge >= 0.3 is 0 Å². The highest BCUT2D eigenvalue weighted by Crippen LogP contribution is 2.09. The van der Waals surface area contributed by atoms with Crippen LogP contribution in [0.2, 0.25) is 0 Å². The number of amides is 1. The van der Waals surface area contributed by atoms with E-state index < -0.39 is 0 Å². The normalized spacial score (nSPS) is 12.1. The number of rotatable bonds is 7. The van der Waals surface area contributed by atoms with Gasteiger partial charge in [0.25, 0.3) is 6.47 Å². The molecule has 1 unspecified atom stereocenters. The number of carbonyl (C=O) groups excluding carboxylic acids is 2. The first-order chi connectivity index (χ1) is 5.72. The van der Waals surface area contributed by atoms with Crippen molar-refractivity contribution in [2.24, 2.45) is 11.7 Å². The lowest BCUT2D eigenvalue weighted by Gasteiger charge is -2.10. The Morgan fingerprint density at radius 2 is 2.25 bits per heavy atom. The van der Waals surface area contributed by atoms with E-state index in [2.05, 4.69) is 4.74 Å². The molecule has 4 nitrogen and oxygen atoms in total. The molecule has 70 valence electrons. The zero-order valence-corrected chi connectivity index (χ0v) is 7.29. The van der Waals surface area contributed by atoms with Gasteiger partial charge < -0.3 is 10.5 Å². The molecule has 0 aromatic rings. The number of carbonyl (C=O) groups is 2. The molecule has 12 heavy (non-hydrogen) atoms. The predicted octanol–water partition coefficient (Wildman–Crippen LogP) is 0.451. The smallest absolute Gasteiger partial charge is 0.293 e. The summed E-state index contributed by atoms with van der Waals surface area (Å²) in [6.07, 6.45) is 2.20. The fourth-order valence-electron chi connectivity index (χ4n) is 1.04. The second kappa shape index (κ2) is 6.64. The molecule has 0 heterocycles. The molecule has 0 saturated heterocycles. The Hall–Kier alpha value is -1.06. The first-order valence-electron chi connectivity index (χ1n) is 4.07. The van der Waals surface area contributed by atoms with E-state index in [0.29, 0.717) is 12.9 Å². The summed E-state index contributed by atoms with van der Waals surface area (Å²) in [5.74, 6) is -0.471. The van der Waals surface area contributed by atoms with Gasteiger partial charge in [-0.2, -0.15) is 0 Å². The molecular formula is C8H15NO3. The van der Waals surface area contributed by atoms with Gasteiger partial charge in [0, 0.05) is 5.92 Å². The van der Waals surface area contributed by atoms with Crippen LogP contribution in [0.4, 0.5) is 0 Å². The lowest BCUT2D eigenvalue weighted by Crippen LogP contribution is -2.24. The second-order valence-corrected chi connectivity index (χ2v) is 2.64. The fourth-order valence-corrected chi connectivity index (χ4v) is 1.04. The van der Waals surface area contributed by atoms with Crippen LogP contribution in [-0.4, -0.2) is 19.0 Å². The van der Waals surface area contributed by atoms with Crippen LogP contribution in [0, 0.1) is 5.92 Å². The molecule has 0 aliphatic carbocycles. The van der Waals surface area contributed by atoms with Crippen molar-refractivity contribution in [2.45, 2.75) is 26.2 Å². The Labute approximate surface area is 72.1 Å². The van der Waals surface area contributed by atoms with Crippen LogP contribution < -0.4 is 5.73 Å². The summed E-state index contributed by atoms with van der Waals surface area (Å²) in [5.41, 5.74) is 5.12. The highest BCUT2D eigenvalue weighted by Gasteiger charge is 2.13. The summed E-state index contributed by atoms with van der Waals surface area (Å²) in [7, 11) is 0. The Kier molecular flexibility index (Phi) is 6.05.